The molecule has 24 heavy (non-hydrogen) atoms. The zero-order valence-electron chi connectivity index (χ0n) is 13.1. The van der Waals surface area contributed by atoms with Gasteiger partial charge in [-0.05, 0) is 18.6 Å². The third-order valence-corrected chi connectivity index (χ3v) is 4.84. The molecule has 1 aliphatic heterocycles. The second-order valence-electron chi connectivity index (χ2n) is 5.48. The van der Waals surface area contributed by atoms with Crippen LogP contribution in [0.5, 0.6) is 0 Å². The highest BCUT2D eigenvalue weighted by Gasteiger charge is 2.22. The summed E-state index contributed by atoms with van der Waals surface area (Å²) in [5.74, 6) is 1.06. The molecule has 0 aliphatic carbocycles. The molecule has 0 atom stereocenters. The van der Waals surface area contributed by atoms with E-state index in [2.05, 4.69) is 20.3 Å². The van der Waals surface area contributed by atoms with Crippen molar-refractivity contribution in [3.63, 3.8) is 0 Å². The Morgan fingerprint density at radius 1 is 1.25 bits per heavy atom. The first-order chi connectivity index (χ1) is 11.4. The molecule has 0 unspecified atom stereocenters. The Morgan fingerprint density at radius 2 is 2.08 bits per heavy atom. The number of nitrogens with one attached hydrogen (secondary N) is 1. The van der Waals surface area contributed by atoms with Crippen LogP contribution in [0.2, 0.25) is 0 Å². The molecule has 2 aromatic heterocycles. The van der Waals surface area contributed by atoms with Gasteiger partial charge >= 0.3 is 0 Å². The van der Waals surface area contributed by atoms with E-state index in [-0.39, 0.29) is 17.3 Å². The lowest BCUT2D eigenvalue weighted by molar-refractivity contribution is -0.117. The van der Waals surface area contributed by atoms with Gasteiger partial charge in [-0.2, -0.15) is 0 Å². The summed E-state index contributed by atoms with van der Waals surface area (Å²) < 4.78 is 23.5. The van der Waals surface area contributed by atoms with Gasteiger partial charge in [0.15, 0.2) is 15.7 Å². The van der Waals surface area contributed by atoms with Crippen LogP contribution in [0.25, 0.3) is 0 Å². The van der Waals surface area contributed by atoms with E-state index in [0.717, 1.165) is 12.7 Å². The van der Waals surface area contributed by atoms with Crippen LogP contribution in [0.1, 0.15) is 18.5 Å². The van der Waals surface area contributed by atoms with Crippen LogP contribution in [0.3, 0.4) is 0 Å². The van der Waals surface area contributed by atoms with Crippen molar-refractivity contribution in [1.29, 1.82) is 0 Å². The minimum Gasteiger partial charge on any atom is -0.363 e. The average Bonchev–Trinajstić information content (AvgIpc) is 2.99. The summed E-state index contributed by atoms with van der Waals surface area (Å²) in [4.78, 5) is 26.0. The van der Waals surface area contributed by atoms with Gasteiger partial charge < -0.3 is 5.32 Å². The topological polar surface area (TPSA) is 105 Å². The first kappa shape index (κ1) is 16.3. The summed E-state index contributed by atoms with van der Waals surface area (Å²) in [6.45, 7) is 0.867. The van der Waals surface area contributed by atoms with E-state index in [1.54, 1.807) is 17.2 Å². The minimum atomic E-state index is -3.34. The number of sulfone groups is 1. The van der Waals surface area contributed by atoms with Gasteiger partial charge in [-0.3, -0.25) is 14.7 Å². The summed E-state index contributed by atoms with van der Waals surface area (Å²) in [6.07, 6.45) is 7.10. The Morgan fingerprint density at radius 3 is 2.71 bits per heavy atom. The lowest BCUT2D eigenvalue weighted by Gasteiger charge is -2.14. The first-order valence-electron chi connectivity index (χ1n) is 7.45. The average molecular weight is 347 g/mol. The second-order valence-corrected chi connectivity index (χ2v) is 7.47. The number of rotatable bonds is 5. The number of nitrogens with zero attached hydrogens (tertiary/aromatic N) is 4. The van der Waals surface area contributed by atoms with Gasteiger partial charge in [-0.15, -0.1) is 0 Å². The summed E-state index contributed by atoms with van der Waals surface area (Å²) in [7, 11) is -3.34. The van der Waals surface area contributed by atoms with Crippen molar-refractivity contribution >= 4 is 27.4 Å². The third kappa shape index (κ3) is 3.51. The highest BCUT2D eigenvalue weighted by Crippen LogP contribution is 2.19. The Labute approximate surface area is 139 Å². The summed E-state index contributed by atoms with van der Waals surface area (Å²) in [6, 6.07) is 3.11. The highest BCUT2D eigenvalue weighted by molar-refractivity contribution is 7.90. The molecule has 0 aromatic carbocycles. The predicted octanol–water partition coefficient (Wildman–Crippen LogP) is 1.01. The molecule has 9 heteroatoms. The SMILES string of the molecule is CS(=O)(=O)c1cccnc1CNc1cnc(N2CCCC2=O)cn1. The van der Waals surface area contributed by atoms with Gasteiger partial charge in [0.2, 0.25) is 5.91 Å². The zero-order valence-corrected chi connectivity index (χ0v) is 14.0. The summed E-state index contributed by atoms with van der Waals surface area (Å²) >= 11 is 0. The van der Waals surface area contributed by atoms with Crippen LogP contribution in [0.4, 0.5) is 11.6 Å². The Balaban J connectivity index is 1.71. The monoisotopic (exact) mass is 347 g/mol. The maximum atomic E-state index is 11.8. The molecule has 0 radical (unpaired) electrons. The van der Waals surface area contributed by atoms with Gasteiger partial charge in [-0.25, -0.2) is 18.4 Å². The molecule has 1 saturated heterocycles. The number of hydrogen-bond donors (Lipinski definition) is 1. The van der Waals surface area contributed by atoms with Crippen molar-refractivity contribution in [2.75, 3.05) is 23.0 Å². The van der Waals surface area contributed by atoms with Crippen molar-refractivity contribution in [1.82, 2.24) is 15.0 Å². The minimum absolute atomic E-state index is 0.0521. The number of amides is 1. The van der Waals surface area contributed by atoms with Gasteiger partial charge in [0.1, 0.15) is 5.82 Å². The largest absolute Gasteiger partial charge is 0.363 e. The van der Waals surface area contributed by atoms with E-state index in [4.69, 9.17) is 0 Å². The van der Waals surface area contributed by atoms with E-state index >= 15 is 0 Å². The van der Waals surface area contributed by atoms with Crippen LogP contribution < -0.4 is 10.2 Å². The molecule has 0 saturated carbocycles. The van der Waals surface area contributed by atoms with Crippen molar-refractivity contribution in [2.45, 2.75) is 24.3 Å². The molecular formula is C15H17N5O3S. The standard InChI is InChI=1S/C15H17N5O3S/c1-24(22,23)12-4-2-6-16-11(12)8-17-13-9-19-14(10-18-13)20-7-3-5-15(20)21/h2,4,6,9-10H,3,5,7-8H2,1H3,(H,17,18). The van der Waals surface area contributed by atoms with Crippen LogP contribution in [0.15, 0.2) is 35.6 Å². The summed E-state index contributed by atoms with van der Waals surface area (Å²) in [5.41, 5.74) is 0.417. The molecule has 3 rings (SSSR count). The fraction of sp³-hybridized carbons (Fsp3) is 0.333. The smallest absolute Gasteiger partial charge is 0.228 e. The predicted molar refractivity (Wildman–Crippen MR) is 88.3 cm³/mol. The zero-order chi connectivity index (χ0) is 17.2. The second kappa shape index (κ2) is 6.52. The number of aromatic nitrogens is 3. The van der Waals surface area contributed by atoms with Crippen molar-refractivity contribution in [2.24, 2.45) is 0 Å². The van der Waals surface area contributed by atoms with Gasteiger partial charge in [0, 0.05) is 25.4 Å². The lowest BCUT2D eigenvalue weighted by atomic mass is 10.3. The van der Waals surface area contributed by atoms with Gasteiger partial charge in [0.05, 0.1) is 29.5 Å². The van der Waals surface area contributed by atoms with E-state index < -0.39 is 9.84 Å². The van der Waals surface area contributed by atoms with E-state index in [1.165, 1.54) is 18.5 Å². The number of pyridine rings is 1. The van der Waals surface area contributed by atoms with Crippen LogP contribution in [-0.4, -0.2) is 42.1 Å². The van der Waals surface area contributed by atoms with Crippen LogP contribution >= 0.6 is 0 Å². The van der Waals surface area contributed by atoms with Crippen LogP contribution in [-0.2, 0) is 21.2 Å². The first-order valence-corrected chi connectivity index (χ1v) is 9.34. The van der Waals surface area contributed by atoms with Crippen molar-refractivity contribution in [3.05, 3.63) is 36.4 Å². The lowest BCUT2D eigenvalue weighted by Crippen LogP contribution is -2.24. The number of carbonyl (C=O) groups is 1. The number of anilines is 2. The quantitative estimate of drug-likeness (QED) is 0.860. The molecule has 2 aromatic rings. The molecule has 1 fully saturated rings. The Bertz CT molecular complexity index is 852. The molecule has 126 valence electrons. The maximum absolute atomic E-state index is 11.8. The van der Waals surface area contributed by atoms with E-state index in [0.29, 0.717) is 30.3 Å². The van der Waals surface area contributed by atoms with Crippen LogP contribution in [0, 0.1) is 0 Å². The molecule has 0 bridgehead atoms. The third-order valence-electron chi connectivity index (χ3n) is 3.67. The number of carbonyl (C=O) groups excluding carboxylic acids is 1. The van der Waals surface area contributed by atoms with Gasteiger partial charge in [0.25, 0.3) is 0 Å². The van der Waals surface area contributed by atoms with E-state index in [1.807, 2.05) is 0 Å². The molecule has 3 heterocycles. The molecule has 1 aliphatic rings. The highest BCUT2D eigenvalue weighted by atomic mass is 32.2. The van der Waals surface area contributed by atoms with Crippen molar-refractivity contribution in [3.8, 4) is 0 Å². The number of hydrogen-bond acceptors (Lipinski definition) is 7. The summed E-state index contributed by atoms with van der Waals surface area (Å²) in [5, 5.41) is 3.00. The molecule has 1 N–H and O–H groups in total. The van der Waals surface area contributed by atoms with Crippen molar-refractivity contribution < 1.29 is 13.2 Å². The molecule has 0 spiro atoms. The normalized spacial score (nSPS) is 14.9. The maximum Gasteiger partial charge on any atom is 0.228 e. The van der Waals surface area contributed by atoms with E-state index in [9.17, 15) is 13.2 Å². The molecule has 8 nitrogen and oxygen atoms in total. The van der Waals surface area contributed by atoms with Gasteiger partial charge in [-0.1, -0.05) is 0 Å². The Hall–Kier alpha value is -2.55. The molecular weight excluding hydrogens is 330 g/mol. The molecule has 1 amide bonds. The Kier molecular flexibility index (Phi) is 4.43. The fourth-order valence-corrected chi connectivity index (χ4v) is 3.39. The fourth-order valence-electron chi connectivity index (χ4n) is 2.51.